The van der Waals surface area contributed by atoms with Gasteiger partial charge in [-0.2, -0.15) is 0 Å². The van der Waals surface area contributed by atoms with E-state index >= 15 is 0 Å². The van der Waals surface area contributed by atoms with Crippen LogP contribution in [0.15, 0.2) is 12.2 Å². The molecule has 1 saturated carbocycles. The van der Waals surface area contributed by atoms with Crippen molar-refractivity contribution in [1.29, 1.82) is 0 Å². The third-order valence-corrected chi connectivity index (χ3v) is 4.22. The van der Waals surface area contributed by atoms with E-state index in [-0.39, 0.29) is 0 Å². The van der Waals surface area contributed by atoms with Crippen molar-refractivity contribution < 1.29 is 0 Å². The van der Waals surface area contributed by atoms with Crippen molar-refractivity contribution in [1.82, 2.24) is 5.32 Å². The molecule has 0 aromatic rings. The molecule has 1 heteroatoms. The summed E-state index contributed by atoms with van der Waals surface area (Å²) in [5.74, 6) is 0. The Bertz CT molecular complexity index is 279. The molecule has 1 nitrogen and oxygen atoms in total. The van der Waals surface area contributed by atoms with E-state index in [1.54, 1.807) is 0 Å². The summed E-state index contributed by atoms with van der Waals surface area (Å²) in [6.07, 6.45) is 3.85. The van der Waals surface area contributed by atoms with E-state index in [4.69, 9.17) is 0 Å². The lowest BCUT2D eigenvalue weighted by Crippen LogP contribution is -2.45. The summed E-state index contributed by atoms with van der Waals surface area (Å²) in [7, 11) is 2.06. The zero-order valence-electron chi connectivity index (χ0n) is 12.0. The predicted octanol–water partition coefficient (Wildman–Crippen LogP) is 4.00. The van der Waals surface area contributed by atoms with Gasteiger partial charge in [0, 0.05) is 6.54 Å². The molecule has 0 bridgehead atoms. The Labute approximate surface area is 102 Å². The van der Waals surface area contributed by atoms with Gasteiger partial charge in [-0.05, 0) is 49.5 Å². The molecule has 1 fully saturated rings. The van der Waals surface area contributed by atoms with Gasteiger partial charge in [0.2, 0.25) is 0 Å². The highest BCUT2D eigenvalue weighted by Crippen LogP contribution is 2.56. The average Bonchev–Trinajstić information content (AvgIpc) is 1.97. The molecule has 0 heterocycles. The zero-order valence-corrected chi connectivity index (χ0v) is 12.0. The zero-order chi connectivity index (χ0) is 12.6. The fraction of sp³-hybridized carbons (Fsp3) is 0.867. The molecule has 0 aliphatic heterocycles. The van der Waals surface area contributed by atoms with Gasteiger partial charge in [-0.25, -0.2) is 0 Å². The molecule has 0 aromatic carbocycles. The topological polar surface area (TPSA) is 12.0 Å². The molecule has 0 aromatic heterocycles. The SMILES string of the molecule is C=C(C)C1(C)CC(C)(C)CC(C)(CNC)C1. The summed E-state index contributed by atoms with van der Waals surface area (Å²) in [6, 6.07) is 0. The van der Waals surface area contributed by atoms with Gasteiger partial charge < -0.3 is 5.32 Å². The van der Waals surface area contributed by atoms with Crippen LogP contribution in [0, 0.1) is 16.2 Å². The Morgan fingerprint density at radius 1 is 1.12 bits per heavy atom. The van der Waals surface area contributed by atoms with Crippen LogP contribution in [0.5, 0.6) is 0 Å². The Morgan fingerprint density at radius 2 is 1.69 bits per heavy atom. The number of hydrogen-bond donors (Lipinski definition) is 1. The Kier molecular flexibility index (Phi) is 3.59. The highest BCUT2D eigenvalue weighted by Gasteiger charge is 2.46. The first-order valence-corrected chi connectivity index (χ1v) is 6.43. The molecule has 1 N–H and O–H groups in total. The van der Waals surface area contributed by atoms with Gasteiger partial charge in [-0.3, -0.25) is 0 Å². The van der Waals surface area contributed by atoms with Crippen LogP contribution >= 0.6 is 0 Å². The van der Waals surface area contributed by atoms with E-state index in [0.717, 1.165) is 6.54 Å². The Hall–Kier alpha value is -0.300. The number of hydrogen-bond acceptors (Lipinski definition) is 1. The van der Waals surface area contributed by atoms with Crippen LogP contribution in [-0.4, -0.2) is 13.6 Å². The molecule has 1 rings (SSSR count). The first-order chi connectivity index (χ1) is 7.13. The first kappa shape index (κ1) is 13.8. The van der Waals surface area contributed by atoms with Crippen molar-refractivity contribution in [2.24, 2.45) is 16.2 Å². The van der Waals surface area contributed by atoms with Crippen LogP contribution in [0.25, 0.3) is 0 Å². The standard InChI is InChI=1S/C15H29N/c1-12(2)15(6)9-13(3,4)8-14(5,10-15)11-16-7/h16H,1,8-11H2,2-7H3. The molecule has 16 heavy (non-hydrogen) atoms. The van der Waals surface area contributed by atoms with Crippen LogP contribution in [0.2, 0.25) is 0 Å². The van der Waals surface area contributed by atoms with E-state index in [1.165, 1.54) is 24.8 Å². The summed E-state index contributed by atoms with van der Waals surface area (Å²) >= 11 is 0. The highest BCUT2D eigenvalue weighted by atomic mass is 14.8. The van der Waals surface area contributed by atoms with Crippen molar-refractivity contribution in [3.05, 3.63) is 12.2 Å². The lowest BCUT2D eigenvalue weighted by atomic mass is 9.53. The van der Waals surface area contributed by atoms with Crippen LogP contribution in [0.4, 0.5) is 0 Å². The van der Waals surface area contributed by atoms with Crippen molar-refractivity contribution >= 4 is 0 Å². The largest absolute Gasteiger partial charge is 0.319 e. The van der Waals surface area contributed by atoms with Crippen molar-refractivity contribution in [3.8, 4) is 0 Å². The van der Waals surface area contributed by atoms with Gasteiger partial charge >= 0.3 is 0 Å². The molecule has 2 unspecified atom stereocenters. The van der Waals surface area contributed by atoms with Crippen LogP contribution in [0.1, 0.15) is 53.9 Å². The first-order valence-electron chi connectivity index (χ1n) is 6.43. The summed E-state index contributed by atoms with van der Waals surface area (Å²) in [5, 5.41) is 3.36. The van der Waals surface area contributed by atoms with Gasteiger partial charge in [0.1, 0.15) is 0 Å². The second-order valence-corrected chi connectivity index (χ2v) is 7.38. The second kappa shape index (κ2) is 4.18. The molecule has 1 aliphatic carbocycles. The Morgan fingerprint density at radius 3 is 2.12 bits per heavy atom. The molecule has 1 aliphatic rings. The minimum Gasteiger partial charge on any atom is -0.319 e. The molecular formula is C15H29N. The average molecular weight is 223 g/mol. The molecule has 0 spiro atoms. The minimum absolute atomic E-state index is 0.313. The fourth-order valence-corrected chi connectivity index (χ4v) is 4.19. The van der Waals surface area contributed by atoms with Gasteiger partial charge in [-0.15, -0.1) is 0 Å². The number of rotatable bonds is 3. The normalized spacial score (nSPS) is 38.4. The number of allylic oxidation sites excluding steroid dienone is 1. The second-order valence-electron chi connectivity index (χ2n) is 7.38. The summed E-state index contributed by atoms with van der Waals surface area (Å²) in [6.45, 7) is 17.2. The van der Waals surface area contributed by atoms with Gasteiger partial charge in [0.15, 0.2) is 0 Å². The lowest BCUT2D eigenvalue weighted by molar-refractivity contribution is 0.0201. The third-order valence-electron chi connectivity index (χ3n) is 4.22. The molecule has 2 atom stereocenters. The predicted molar refractivity (Wildman–Crippen MR) is 72.6 cm³/mol. The lowest BCUT2D eigenvalue weighted by Gasteiger charge is -2.52. The van der Waals surface area contributed by atoms with E-state index in [1.807, 2.05) is 0 Å². The molecule has 0 amide bonds. The third kappa shape index (κ3) is 2.88. The van der Waals surface area contributed by atoms with Crippen molar-refractivity contribution in [2.45, 2.75) is 53.9 Å². The molecule has 94 valence electrons. The van der Waals surface area contributed by atoms with E-state index < -0.39 is 0 Å². The van der Waals surface area contributed by atoms with E-state index in [9.17, 15) is 0 Å². The molecule has 0 radical (unpaired) electrons. The fourth-order valence-electron chi connectivity index (χ4n) is 4.19. The van der Waals surface area contributed by atoms with Crippen LogP contribution < -0.4 is 5.32 Å². The molecule has 0 saturated heterocycles. The maximum absolute atomic E-state index is 4.22. The molecular weight excluding hydrogens is 194 g/mol. The van der Waals surface area contributed by atoms with E-state index in [0.29, 0.717) is 16.2 Å². The minimum atomic E-state index is 0.313. The monoisotopic (exact) mass is 223 g/mol. The quantitative estimate of drug-likeness (QED) is 0.713. The van der Waals surface area contributed by atoms with Crippen molar-refractivity contribution in [3.63, 3.8) is 0 Å². The van der Waals surface area contributed by atoms with Gasteiger partial charge in [-0.1, -0.05) is 39.8 Å². The van der Waals surface area contributed by atoms with Crippen LogP contribution in [-0.2, 0) is 0 Å². The highest BCUT2D eigenvalue weighted by molar-refractivity contribution is 5.12. The van der Waals surface area contributed by atoms with E-state index in [2.05, 4.69) is 53.6 Å². The van der Waals surface area contributed by atoms with Crippen molar-refractivity contribution in [2.75, 3.05) is 13.6 Å². The smallest absolute Gasteiger partial charge is 0.000268 e. The van der Waals surface area contributed by atoms with Crippen LogP contribution in [0.3, 0.4) is 0 Å². The number of nitrogens with one attached hydrogen (secondary N) is 1. The maximum atomic E-state index is 4.22. The summed E-state index contributed by atoms with van der Waals surface area (Å²) in [5.41, 5.74) is 2.50. The maximum Gasteiger partial charge on any atom is 0.000268 e. The summed E-state index contributed by atoms with van der Waals surface area (Å²) in [4.78, 5) is 0. The Balaban J connectivity index is 2.98. The van der Waals surface area contributed by atoms with Gasteiger partial charge in [0.25, 0.3) is 0 Å². The summed E-state index contributed by atoms with van der Waals surface area (Å²) < 4.78 is 0. The van der Waals surface area contributed by atoms with Gasteiger partial charge in [0.05, 0.1) is 0 Å².